The van der Waals surface area contributed by atoms with Gasteiger partial charge in [-0.05, 0) is 49.1 Å². The first-order chi connectivity index (χ1) is 17.8. The molecule has 0 spiro atoms. The summed E-state index contributed by atoms with van der Waals surface area (Å²) >= 11 is 0. The van der Waals surface area contributed by atoms with E-state index in [4.69, 9.17) is 0 Å². The second-order valence-corrected chi connectivity index (χ2v) is 11.1. The molecule has 3 aromatic carbocycles. The first kappa shape index (κ1) is 26.4. The number of H-pyrrole nitrogens is 1. The fourth-order valence-corrected chi connectivity index (χ4v) is 5.66. The molecular formula is C30H33N3O3S. The monoisotopic (exact) mass is 515 g/mol. The van der Waals surface area contributed by atoms with Crippen LogP contribution in [0.15, 0.2) is 96.5 Å². The zero-order valence-electron chi connectivity index (χ0n) is 21.2. The van der Waals surface area contributed by atoms with Crippen LogP contribution < -0.4 is 0 Å². The van der Waals surface area contributed by atoms with Gasteiger partial charge in [-0.25, -0.2) is 8.42 Å². The van der Waals surface area contributed by atoms with Crippen LogP contribution in [0.2, 0.25) is 0 Å². The number of nitrogens with one attached hydrogen (secondary N) is 1. The number of rotatable bonds is 11. The third kappa shape index (κ3) is 6.96. The normalized spacial score (nSPS) is 12.1. The van der Waals surface area contributed by atoms with E-state index >= 15 is 0 Å². The van der Waals surface area contributed by atoms with Gasteiger partial charge in [0.15, 0.2) is 0 Å². The number of hydrogen-bond acceptors (Lipinski definition) is 3. The highest BCUT2D eigenvalue weighted by Crippen LogP contribution is 2.19. The van der Waals surface area contributed by atoms with Gasteiger partial charge in [-0.1, -0.05) is 78.9 Å². The minimum absolute atomic E-state index is 0.222. The Morgan fingerprint density at radius 1 is 0.919 bits per heavy atom. The van der Waals surface area contributed by atoms with E-state index < -0.39 is 10.0 Å². The van der Waals surface area contributed by atoms with Gasteiger partial charge in [0, 0.05) is 41.6 Å². The second kappa shape index (κ2) is 12.0. The lowest BCUT2D eigenvalue weighted by atomic mass is 10.1. The smallest absolute Gasteiger partial charge is 0.238 e. The molecule has 0 saturated carbocycles. The maximum absolute atomic E-state index is 13.6. The summed E-state index contributed by atoms with van der Waals surface area (Å²) in [5.41, 5.74) is 3.96. The molecule has 1 aromatic heterocycles. The Morgan fingerprint density at radius 2 is 1.57 bits per heavy atom. The van der Waals surface area contributed by atoms with Crippen LogP contribution in [0.5, 0.6) is 0 Å². The van der Waals surface area contributed by atoms with E-state index in [9.17, 15) is 13.2 Å². The standard InChI is InChI=1S/C30H33N3O3S/c1-24(2)33(37(35,36)20-18-25-11-5-3-6-12-25)23-30(34)32(22-26-13-7-4-8-14-26)19-17-27-21-31-29-16-10-9-15-28(27)29/h3-16,18,20-21,24,31H,17,19,22-23H2,1-2H3. The summed E-state index contributed by atoms with van der Waals surface area (Å²) in [5.74, 6) is -0.228. The number of hydrogen-bond donors (Lipinski definition) is 1. The molecule has 1 amide bonds. The molecule has 6 nitrogen and oxygen atoms in total. The van der Waals surface area contributed by atoms with Gasteiger partial charge < -0.3 is 9.88 Å². The molecule has 0 saturated heterocycles. The number of aromatic amines is 1. The van der Waals surface area contributed by atoms with E-state index in [1.165, 1.54) is 9.71 Å². The number of carbonyl (C=O) groups excluding carboxylic acids is 1. The first-order valence-corrected chi connectivity index (χ1v) is 14.0. The third-order valence-electron chi connectivity index (χ3n) is 6.32. The van der Waals surface area contributed by atoms with Crippen LogP contribution >= 0.6 is 0 Å². The van der Waals surface area contributed by atoms with Gasteiger partial charge >= 0.3 is 0 Å². The van der Waals surface area contributed by atoms with Crippen LogP contribution in [0.1, 0.15) is 30.5 Å². The van der Waals surface area contributed by atoms with Crippen molar-refractivity contribution in [2.24, 2.45) is 0 Å². The maximum atomic E-state index is 13.6. The fraction of sp³-hybridized carbons (Fsp3) is 0.233. The number of fused-ring (bicyclic) bond motifs is 1. The fourth-order valence-electron chi connectivity index (χ4n) is 4.30. The molecule has 0 aliphatic carbocycles. The van der Waals surface area contributed by atoms with Gasteiger partial charge in [0.2, 0.25) is 15.9 Å². The van der Waals surface area contributed by atoms with Gasteiger partial charge in [-0.2, -0.15) is 4.31 Å². The van der Waals surface area contributed by atoms with Crippen LogP contribution in [0.25, 0.3) is 17.0 Å². The molecule has 0 atom stereocenters. The predicted octanol–water partition coefficient (Wildman–Crippen LogP) is 5.45. The van der Waals surface area contributed by atoms with Crippen molar-refractivity contribution < 1.29 is 13.2 Å². The zero-order chi connectivity index (χ0) is 26.3. The maximum Gasteiger partial charge on any atom is 0.238 e. The highest BCUT2D eigenvalue weighted by Gasteiger charge is 2.27. The predicted molar refractivity (Wildman–Crippen MR) is 150 cm³/mol. The number of aromatic nitrogens is 1. The Hall–Kier alpha value is -3.68. The molecule has 0 aliphatic heterocycles. The average Bonchev–Trinajstić information content (AvgIpc) is 3.32. The summed E-state index contributed by atoms with van der Waals surface area (Å²) in [4.78, 5) is 18.6. The van der Waals surface area contributed by atoms with Crippen LogP contribution in [0, 0.1) is 0 Å². The van der Waals surface area contributed by atoms with Gasteiger partial charge in [-0.15, -0.1) is 0 Å². The quantitative estimate of drug-likeness (QED) is 0.289. The average molecular weight is 516 g/mol. The minimum Gasteiger partial charge on any atom is -0.361 e. The molecule has 0 aliphatic rings. The van der Waals surface area contributed by atoms with Crippen molar-refractivity contribution in [3.8, 4) is 0 Å². The van der Waals surface area contributed by atoms with Gasteiger partial charge in [0.25, 0.3) is 0 Å². The highest BCUT2D eigenvalue weighted by atomic mass is 32.2. The molecular weight excluding hydrogens is 482 g/mol. The van der Waals surface area contributed by atoms with E-state index in [1.807, 2.05) is 85.1 Å². The molecule has 1 N–H and O–H groups in total. The minimum atomic E-state index is -3.81. The van der Waals surface area contributed by atoms with Crippen molar-refractivity contribution in [2.45, 2.75) is 32.9 Å². The Bertz CT molecular complexity index is 1450. The van der Waals surface area contributed by atoms with Crippen molar-refractivity contribution >= 4 is 32.9 Å². The topological polar surface area (TPSA) is 73.5 Å². The van der Waals surface area contributed by atoms with Crippen LogP contribution in [0.4, 0.5) is 0 Å². The summed E-state index contributed by atoms with van der Waals surface area (Å²) in [6.45, 7) is 4.23. The van der Waals surface area contributed by atoms with Crippen molar-refractivity contribution in [1.82, 2.24) is 14.2 Å². The summed E-state index contributed by atoms with van der Waals surface area (Å²) < 4.78 is 27.7. The molecule has 192 valence electrons. The van der Waals surface area contributed by atoms with Crippen molar-refractivity contribution in [1.29, 1.82) is 0 Å². The third-order valence-corrected chi connectivity index (χ3v) is 8.01. The number of amides is 1. The molecule has 4 aromatic rings. The Balaban J connectivity index is 1.53. The Labute approximate surface area is 219 Å². The second-order valence-electron chi connectivity index (χ2n) is 9.31. The molecule has 4 rings (SSSR count). The van der Waals surface area contributed by atoms with Crippen molar-refractivity contribution in [2.75, 3.05) is 13.1 Å². The Morgan fingerprint density at radius 3 is 2.27 bits per heavy atom. The molecule has 1 heterocycles. The van der Waals surface area contributed by atoms with Gasteiger partial charge in [-0.3, -0.25) is 4.79 Å². The molecule has 7 heteroatoms. The lowest BCUT2D eigenvalue weighted by Gasteiger charge is -2.28. The molecule has 0 bridgehead atoms. The van der Waals surface area contributed by atoms with Crippen LogP contribution in [-0.2, 0) is 27.8 Å². The van der Waals surface area contributed by atoms with Crippen molar-refractivity contribution in [3.05, 3.63) is 113 Å². The lowest BCUT2D eigenvalue weighted by Crippen LogP contribution is -2.45. The van der Waals surface area contributed by atoms with Crippen molar-refractivity contribution in [3.63, 3.8) is 0 Å². The molecule has 0 radical (unpaired) electrons. The largest absolute Gasteiger partial charge is 0.361 e. The molecule has 37 heavy (non-hydrogen) atoms. The van der Waals surface area contributed by atoms with Gasteiger partial charge in [0.1, 0.15) is 0 Å². The summed E-state index contributed by atoms with van der Waals surface area (Å²) in [6.07, 6.45) is 4.20. The molecule has 0 fully saturated rings. The van der Waals surface area contributed by atoms with E-state index in [0.717, 1.165) is 27.6 Å². The summed E-state index contributed by atoms with van der Waals surface area (Å²) in [6, 6.07) is 26.7. The number of carbonyl (C=O) groups is 1. The SMILES string of the molecule is CC(C)N(CC(=O)N(CCc1c[nH]c2ccccc12)Cc1ccccc1)S(=O)(=O)C=Cc1ccccc1. The zero-order valence-corrected chi connectivity index (χ0v) is 22.1. The van der Waals surface area contributed by atoms with E-state index in [0.29, 0.717) is 19.5 Å². The summed E-state index contributed by atoms with van der Waals surface area (Å²) in [5, 5.41) is 2.32. The van der Waals surface area contributed by atoms with Crippen LogP contribution in [0.3, 0.4) is 0 Å². The number of benzene rings is 3. The van der Waals surface area contributed by atoms with Crippen LogP contribution in [-0.4, -0.2) is 47.6 Å². The summed E-state index contributed by atoms with van der Waals surface area (Å²) in [7, 11) is -3.81. The van der Waals surface area contributed by atoms with Gasteiger partial charge in [0.05, 0.1) is 6.54 Å². The number of sulfonamides is 1. The molecule has 0 unspecified atom stereocenters. The number of nitrogens with zero attached hydrogens (tertiary/aromatic N) is 2. The lowest BCUT2D eigenvalue weighted by molar-refractivity contribution is -0.132. The van der Waals surface area contributed by atoms with E-state index in [1.54, 1.807) is 24.8 Å². The van der Waals surface area contributed by atoms with E-state index in [-0.39, 0.29) is 18.5 Å². The highest BCUT2D eigenvalue weighted by molar-refractivity contribution is 7.92. The number of para-hydroxylation sites is 1. The Kier molecular flexibility index (Phi) is 8.58. The first-order valence-electron chi connectivity index (χ1n) is 12.4. The van der Waals surface area contributed by atoms with E-state index in [2.05, 4.69) is 11.1 Å².